The van der Waals surface area contributed by atoms with Crippen LogP contribution in [-0.2, 0) is 10.1 Å². The van der Waals surface area contributed by atoms with Crippen molar-refractivity contribution in [2.75, 3.05) is 6.61 Å². The van der Waals surface area contributed by atoms with E-state index in [1.54, 1.807) is 18.2 Å². The van der Waals surface area contributed by atoms with Gasteiger partial charge in [0, 0.05) is 10.8 Å². The Bertz CT molecular complexity index is 1520. The summed E-state index contributed by atoms with van der Waals surface area (Å²) in [7, 11) is -4.57. The average Bonchev–Trinajstić information content (AvgIpc) is 2.83. The van der Waals surface area contributed by atoms with Gasteiger partial charge in [-0.15, -0.1) is 15.3 Å². The Kier molecular flexibility index (Phi) is 8.87. The van der Waals surface area contributed by atoms with Crippen LogP contribution in [0, 0.1) is 6.92 Å². The Morgan fingerprint density at radius 3 is 2.03 bits per heavy atom. The fraction of sp³-hybridized carbons (Fsp3) is 0.120. The molecule has 4 rings (SSSR count). The standard InChI is InChI=1S/C25H22N4O4S.Na/c1-3-33-25-14-11-17(2)15-24(25)29-28-23-13-12-22(20-9-4-5-10-21(20)23)27-26-18-7-6-8-19(16-18)34(30,31)32;/h4-16H,3H2,1-2H3,(H,30,31,32);/q;+1/p-1. The quantitative estimate of drug-likeness (QED) is 0.216. The molecule has 10 heteroatoms. The molecular weight excluding hydrogens is 475 g/mol. The van der Waals surface area contributed by atoms with Crippen LogP contribution in [0.15, 0.2) is 104 Å². The molecule has 0 saturated carbocycles. The Hall–Kier alpha value is -2.95. The van der Waals surface area contributed by atoms with Crippen LogP contribution in [0.1, 0.15) is 12.5 Å². The minimum Gasteiger partial charge on any atom is -0.744 e. The predicted octanol–water partition coefficient (Wildman–Crippen LogP) is 4.29. The molecule has 0 bridgehead atoms. The normalized spacial score (nSPS) is 11.7. The van der Waals surface area contributed by atoms with Crippen LogP contribution in [0.2, 0.25) is 0 Å². The van der Waals surface area contributed by atoms with Gasteiger partial charge in [-0.2, -0.15) is 5.11 Å². The summed E-state index contributed by atoms with van der Waals surface area (Å²) in [6.45, 7) is 4.42. The molecule has 4 aromatic carbocycles. The van der Waals surface area contributed by atoms with Gasteiger partial charge < -0.3 is 9.29 Å². The van der Waals surface area contributed by atoms with Crippen LogP contribution < -0.4 is 34.3 Å². The van der Waals surface area contributed by atoms with Gasteiger partial charge in [-0.1, -0.05) is 36.4 Å². The van der Waals surface area contributed by atoms with Gasteiger partial charge in [0.2, 0.25) is 0 Å². The number of hydrogen-bond donors (Lipinski definition) is 0. The van der Waals surface area contributed by atoms with Crippen molar-refractivity contribution in [1.82, 2.24) is 0 Å². The monoisotopic (exact) mass is 496 g/mol. The number of rotatable bonds is 7. The van der Waals surface area contributed by atoms with Crippen molar-refractivity contribution in [1.29, 1.82) is 0 Å². The smallest absolute Gasteiger partial charge is 0.744 e. The van der Waals surface area contributed by atoms with E-state index in [1.165, 1.54) is 18.2 Å². The van der Waals surface area contributed by atoms with Crippen LogP contribution in [0.3, 0.4) is 0 Å². The summed E-state index contributed by atoms with van der Waals surface area (Å²) < 4.78 is 39.4. The van der Waals surface area contributed by atoms with E-state index in [2.05, 4.69) is 20.5 Å². The first-order chi connectivity index (χ1) is 16.3. The molecule has 0 atom stereocenters. The number of azo groups is 2. The minimum absolute atomic E-state index is 0. The molecule has 0 aliphatic rings. The molecule has 0 aromatic heterocycles. The van der Waals surface area contributed by atoms with Gasteiger partial charge in [-0.05, 0) is 61.9 Å². The van der Waals surface area contributed by atoms with Crippen molar-refractivity contribution in [2.45, 2.75) is 18.7 Å². The van der Waals surface area contributed by atoms with Crippen molar-refractivity contribution < 1.29 is 47.3 Å². The van der Waals surface area contributed by atoms with Crippen molar-refractivity contribution in [3.63, 3.8) is 0 Å². The first-order valence-corrected chi connectivity index (χ1v) is 11.9. The third-order valence-corrected chi connectivity index (χ3v) is 5.77. The summed E-state index contributed by atoms with van der Waals surface area (Å²) in [6.07, 6.45) is 0. The van der Waals surface area contributed by atoms with E-state index in [0.717, 1.165) is 16.3 Å². The van der Waals surface area contributed by atoms with Gasteiger partial charge in [-0.3, -0.25) is 0 Å². The van der Waals surface area contributed by atoms with E-state index < -0.39 is 10.1 Å². The number of aryl methyl sites for hydroxylation is 1. The van der Waals surface area contributed by atoms with E-state index in [-0.39, 0.29) is 40.1 Å². The molecule has 4 aromatic rings. The van der Waals surface area contributed by atoms with E-state index in [1.807, 2.05) is 56.3 Å². The second kappa shape index (κ2) is 11.7. The largest absolute Gasteiger partial charge is 1.00 e. The third-order valence-electron chi connectivity index (χ3n) is 4.94. The van der Waals surface area contributed by atoms with Crippen LogP contribution >= 0.6 is 0 Å². The molecule has 0 saturated heterocycles. The van der Waals surface area contributed by atoms with Crippen molar-refractivity contribution in [3.8, 4) is 5.75 Å². The van der Waals surface area contributed by atoms with Crippen LogP contribution in [-0.4, -0.2) is 19.6 Å². The minimum atomic E-state index is -4.57. The zero-order chi connectivity index (χ0) is 24.1. The maximum absolute atomic E-state index is 11.3. The summed E-state index contributed by atoms with van der Waals surface area (Å²) in [5, 5.41) is 18.9. The van der Waals surface area contributed by atoms with Crippen molar-refractivity contribution in [2.24, 2.45) is 20.5 Å². The van der Waals surface area contributed by atoms with Gasteiger partial charge in [0.15, 0.2) is 0 Å². The van der Waals surface area contributed by atoms with Gasteiger partial charge in [-0.25, -0.2) is 8.42 Å². The molecule has 35 heavy (non-hydrogen) atoms. The summed E-state index contributed by atoms with van der Waals surface area (Å²) in [5.74, 6) is 0.661. The van der Waals surface area contributed by atoms with E-state index >= 15 is 0 Å². The molecular formula is C25H21N4NaO4S. The second-order valence-electron chi connectivity index (χ2n) is 7.41. The number of nitrogens with zero attached hydrogens (tertiary/aromatic N) is 4. The Morgan fingerprint density at radius 1 is 0.771 bits per heavy atom. The molecule has 0 heterocycles. The number of fused-ring (bicyclic) bond motifs is 1. The molecule has 0 aliphatic heterocycles. The fourth-order valence-electron chi connectivity index (χ4n) is 3.35. The average molecular weight is 497 g/mol. The number of hydrogen-bond acceptors (Lipinski definition) is 8. The molecule has 0 spiro atoms. The SMILES string of the molecule is CCOc1ccc(C)cc1N=Nc1ccc(N=Nc2cccc(S(=O)(=O)[O-])c2)c2ccccc12.[Na+]. The second-order valence-corrected chi connectivity index (χ2v) is 8.78. The summed E-state index contributed by atoms with van der Waals surface area (Å²) in [6, 6.07) is 22.3. The van der Waals surface area contributed by atoms with Crippen LogP contribution in [0.25, 0.3) is 10.8 Å². The summed E-state index contributed by atoms with van der Waals surface area (Å²) in [4.78, 5) is -0.355. The topological polar surface area (TPSA) is 116 Å². The zero-order valence-electron chi connectivity index (χ0n) is 19.5. The van der Waals surface area contributed by atoms with Crippen LogP contribution in [0.5, 0.6) is 5.75 Å². The van der Waals surface area contributed by atoms with Gasteiger partial charge in [0.25, 0.3) is 0 Å². The number of ether oxygens (including phenoxy) is 1. The molecule has 0 radical (unpaired) electrons. The fourth-order valence-corrected chi connectivity index (χ4v) is 3.86. The first kappa shape index (κ1) is 26.7. The van der Waals surface area contributed by atoms with Crippen LogP contribution in [0.4, 0.5) is 22.7 Å². The third kappa shape index (κ3) is 6.59. The Morgan fingerprint density at radius 2 is 1.40 bits per heavy atom. The van der Waals surface area contributed by atoms with Gasteiger partial charge >= 0.3 is 29.6 Å². The predicted molar refractivity (Wildman–Crippen MR) is 129 cm³/mol. The first-order valence-electron chi connectivity index (χ1n) is 10.5. The summed E-state index contributed by atoms with van der Waals surface area (Å²) in [5.41, 5.74) is 3.16. The Balaban J connectivity index is 0.00000342. The summed E-state index contributed by atoms with van der Waals surface area (Å²) >= 11 is 0. The van der Waals surface area contributed by atoms with E-state index in [4.69, 9.17) is 4.74 Å². The molecule has 172 valence electrons. The molecule has 0 unspecified atom stereocenters. The maximum Gasteiger partial charge on any atom is 1.00 e. The Labute approximate surface area is 225 Å². The number of benzene rings is 4. The van der Waals surface area contributed by atoms with Crippen molar-refractivity contribution in [3.05, 3.63) is 84.4 Å². The molecule has 0 amide bonds. The van der Waals surface area contributed by atoms with E-state index in [9.17, 15) is 13.0 Å². The van der Waals surface area contributed by atoms with Gasteiger partial charge in [0.05, 0.1) is 28.6 Å². The van der Waals surface area contributed by atoms with Gasteiger partial charge in [0.1, 0.15) is 21.6 Å². The molecule has 0 aliphatic carbocycles. The molecule has 0 fully saturated rings. The maximum atomic E-state index is 11.3. The zero-order valence-corrected chi connectivity index (χ0v) is 22.4. The molecule has 8 nitrogen and oxygen atoms in total. The van der Waals surface area contributed by atoms with E-state index in [0.29, 0.717) is 29.4 Å². The van der Waals surface area contributed by atoms with Crippen molar-refractivity contribution >= 4 is 43.6 Å². The molecule has 0 N–H and O–H groups in total.